The molecule has 1 aromatic heterocycles. The molecular formula is C12H12N2O3. The third kappa shape index (κ3) is 2.50. The van der Waals surface area contributed by atoms with E-state index in [1.165, 1.54) is 6.92 Å². The molecule has 88 valence electrons. The molecule has 0 spiro atoms. The Hall–Kier alpha value is -2.17. The number of aromatic nitrogens is 2. The Morgan fingerprint density at radius 1 is 1.47 bits per heavy atom. The molecule has 17 heavy (non-hydrogen) atoms. The molecule has 1 aromatic carbocycles. The van der Waals surface area contributed by atoms with Gasteiger partial charge in [-0.15, -0.1) is 0 Å². The zero-order valence-corrected chi connectivity index (χ0v) is 9.64. The van der Waals surface area contributed by atoms with E-state index in [2.05, 4.69) is 10.1 Å². The fraction of sp³-hybridized carbons (Fsp3) is 0.250. The lowest BCUT2D eigenvalue weighted by atomic mass is 10.2. The lowest BCUT2D eigenvalue weighted by molar-refractivity contribution is 0.100. The summed E-state index contributed by atoms with van der Waals surface area (Å²) in [7, 11) is 0. The summed E-state index contributed by atoms with van der Waals surface area (Å²) in [6, 6.07) is 7.29. The zero-order chi connectivity index (χ0) is 12.3. The molecule has 0 bridgehead atoms. The maximum absolute atomic E-state index is 11.0. The van der Waals surface area contributed by atoms with Crippen LogP contribution in [-0.2, 0) is 0 Å². The van der Waals surface area contributed by atoms with Crippen LogP contribution in [0.15, 0.2) is 28.8 Å². The van der Waals surface area contributed by atoms with Gasteiger partial charge in [-0.05, 0) is 25.1 Å². The highest BCUT2D eigenvalue weighted by Gasteiger charge is 2.12. The normalized spacial score (nSPS) is 10.2. The van der Waals surface area contributed by atoms with Gasteiger partial charge in [-0.2, -0.15) is 4.98 Å². The van der Waals surface area contributed by atoms with Gasteiger partial charge >= 0.3 is 0 Å². The third-order valence-electron chi connectivity index (χ3n) is 2.13. The lowest BCUT2D eigenvalue weighted by Gasteiger charge is -2.02. The molecule has 0 saturated heterocycles. The van der Waals surface area contributed by atoms with Gasteiger partial charge in [0.1, 0.15) is 5.75 Å². The quantitative estimate of drug-likeness (QED) is 0.757. The summed E-state index contributed by atoms with van der Waals surface area (Å²) < 4.78 is 10.4. The summed E-state index contributed by atoms with van der Waals surface area (Å²) in [6.45, 7) is 3.89. The van der Waals surface area contributed by atoms with E-state index in [9.17, 15) is 4.79 Å². The van der Waals surface area contributed by atoms with E-state index in [0.29, 0.717) is 12.5 Å². The van der Waals surface area contributed by atoms with E-state index in [1.54, 1.807) is 6.07 Å². The first-order valence-corrected chi connectivity index (χ1v) is 5.28. The van der Waals surface area contributed by atoms with Gasteiger partial charge in [0, 0.05) is 12.5 Å². The standard InChI is InChI=1S/C12H12N2O3/c1-3-16-10-6-4-5-9(7-10)12-13-11(8(2)15)14-17-12/h4-7H,3H2,1-2H3. The van der Waals surface area contributed by atoms with Crippen LogP contribution >= 0.6 is 0 Å². The Morgan fingerprint density at radius 3 is 2.94 bits per heavy atom. The van der Waals surface area contributed by atoms with Crippen molar-refractivity contribution in [2.75, 3.05) is 6.61 Å². The van der Waals surface area contributed by atoms with Crippen molar-refractivity contribution in [2.45, 2.75) is 13.8 Å². The van der Waals surface area contributed by atoms with Crippen molar-refractivity contribution in [1.29, 1.82) is 0 Å². The van der Waals surface area contributed by atoms with Crippen LogP contribution in [0.4, 0.5) is 0 Å². The van der Waals surface area contributed by atoms with Gasteiger partial charge in [0.2, 0.25) is 11.6 Å². The number of ketones is 1. The molecule has 1 heterocycles. The first-order chi connectivity index (χ1) is 8.20. The predicted octanol–water partition coefficient (Wildman–Crippen LogP) is 2.34. The summed E-state index contributed by atoms with van der Waals surface area (Å²) >= 11 is 0. The number of nitrogens with zero attached hydrogens (tertiary/aromatic N) is 2. The van der Waals surface area contributed by atoms with Crippen LogP contribution in [0.1, 0.15) is 24.5 Å². The van der Waals surface area contributed by atoms with Crippen LogP contribution in [0.5, 0.6) is 5.75 Å². The molecule has 0 aliphatic heterocycles. The Kier molecular flexibility index (Phi) is 3.18. The van der Waals surface area contributed by atoms with Crippen LogP contribution in [0.2, 0.25) is 0 Å². The molecule has 0 N–H and O–H groups in total. The zero-order valence-electron chi connectivity index (χ0n) is 9.64. The fourth-order valence-corrected chi connectivity index (χ4v) is 1.37. The van der Waals surface area contributed by atoms with E-state index in [4.69, 9.17) is 9.26 Å². The average molecular weight is 232 g/mol. The van der Waals surface area contributed by atoms with Crippen molar-refractivity contribution < 1.29 is 14.1 Å². The maximum atomic E-state index is 11.0. The summed E-state index contributed by atoms with van der Waals surface area (Å²) in [5.41, 5.74) is 0.732. The Morgan fingerprint density at radius 2 is 2.29 bits per heavy atom. The third-order valence-corrected chi connectivity index (χ3v) is 2.13. The largest absolute Gasteiger partial charge is 0.494 e. The highest BCUT2D eigenvalue weighted by Crippen LogP contribution is 2.22. The van der Waals surface area contributed by atoms with Crippen LogP contribution in [0, 0.1) is 0 Å². The number of benzene rings is 1. The maximum Gasteiger partial charge on any atom is 0.258 e. The van der Waals surface area contributed by atoms with E-state index in [0.717, 1.165) is 11.3 Å². The number of carbonyl (C=O) groups is 1. The molecule has 0 fully saturated rings. The summed E-state index contributed by atoms with van der Waals surface area (Å²) in [6.07, 6.45) is 0. The minimum atomic E-state index is -0.221. The monoisotopic (exact) mass is 232 g/mol. The van der Waals surface area contributed by atoms with Crippen LogP contribution in [0.25, 0.3) is 11.5 Å². The number of Topliss-reactive ketones (excluding diaryl/α,β-unsaturated/α-hetero) is 1. The summed E-state index contributed by atoms with van der Waals surface area (Å²) in [5.74, 6) is 0.909. The van der Waals surface area contributed by atoms with E-state index < -0.39 is 0 Å². The lowest BCUT2D eigenvalue weighted by Crippen LogP contribution is -1.94. The second-order valence-corrected chi connectivity index (χ2v) is 3.44. The van der Waals surface area contributed by atoms with Crippen molar-refractivity contribution in [2.24, 2.45) is 0 Å². The van der Waals surface area contributed by atoms with Gasteiger partial charge in [-0.1, -0.05) is 11.2 Å². The molecule has 0 radical (unpaired) electrons. The second-order valence-electron chi connectivity index (χ2n) is 3.44. The smallest absolute Gasteiger partial charge is 0.258 e. The molecule has 0 unspecified atom stereocenters. The average Bonchev–Trinajstić information content (AvgIpc) is 2.79. The van der Waals surface area contributed by atoms with Crippen LogP contribution in [0.3, 0.4) is 0 Å². The van der Waals surface area contributed by atoms with Crippen molar-refractivity contribution in [3.8, 4) is 17.2 Å². The first kappa shape index (κ1) is 11.3. The number of hydrogen-bond donors (Lipinski definition) is 0. The summed E-state index contributed by atoms with van der Waals surface area (Å²) in [5, 5.41) is 3.59. The minimum absolute atomic E-state index is 0.0850. The number of rotatable bonds is 4. The summed E-state index contributed by atoms with van der Waals surface area (Å²) in [4.78, 5) is 15.0. The minimum Gasteiger partial charge on any atom is -0.494 e. The molecule has 0 aliphatic rings. The highest BCUT2D eigenvalue weighted by atomic mass is 16.5. The molecule has 0 saturated carbocycles. The van der Waals surface area contributed by atoms with Crippen molar-refractivity contribution in [1.82, 2.24) is 10.1 Å². The second kappa shape index (κ2) is 4.78. The molecule has 5 heteroatoms. The topological polar surface area (TPSA) is 65.2 Å². The molecule has 0 atom stereocenters. The molecule has 2 rings (SSSR count). The van der Waals surface area contributed by atoms with Gasteiger partial charge in [0.05, 0.1) is 6.61 Å². The number of hydrogen-bond acceptors (Lipinski definition) is 5. The van der Waals surface area contributed by atoms with E-state index >= 15 is 0 Å². The molecule has 5 nitrogen and oxygen atoms in total. The van der Waals surface area contributed by atoms with Crippen LogP contribution < -0.4 is 4.74 Å². The molecule has 0 amide bonds. The number of ether oxygens (including phenoxy) is 1. The van der Waals surface area contributed by atoms with Gasteiger partial charge in [-0.25, -0.2) is 0 Å². The van der Waals surface area contributed by atoms with Crippen molar-refractivity contribution in [3.05, 3.63) is 30.1 Å². The highest BCUT2D eigenvalue weighted by molar-refractivity contribution is 5.90. The van der Waals surface area contributed by atoms with Crippen LogP contribution in [-0.4, -0.2) is 22.5 Å². The molecule has 2 aromatic rings. The van der Waals surface area contributed by atoms with Gasteiger partial charge in [-0.3, -0.25) is 4.79 Å². The van der Waals surface area contributed by atoms with Gasteiger partial charge in [0.15, 0.2) is 0 Å². The van der Waals surface area contributed by atoms with Gasteiger partial charge < -0.3 is 9.26 Å². The Balaban J connectivity index is 2.31. The molecular weight excluding hydrogens is 220 g/mol. The van der Waals surface area contributed by atoms with Crippen molar-refractivity contribution >= 4 is 5.78 Å². The molecule has 0 aliphatic carbocycles. The predicted molar refractivity (Wildman–Crippen MR) is 60.9 cm³/mol. The van der Waals surface area contributed by atoms with Gasteiger partial charge in [0.25, 0.3) is 5.89 Å². The fourth-order valence-electron chi connectivity index (χ4n) is 1.37. The van der Waals surface area contributed by atoms with E-state index in [-0.39, 0.29) is 11.6 Å². The SMILES string of the molecule is CCOc1cccc(-c2nc(C(C)=O)no2)c1. The Bertz CT molecular complexity index is 534. The van der Waals surface area contributed by atoms with E-state index in [1.807, 2.05) is 25.1 Å². The first-order valence-electron chi connectivity index (χ1n) is 5.28. The van der Waals surface area contributed by atoms with Crippen molar-refractivity contribution in [3.63, 3.8) is 0 Å². The number of carbonyl (C=O) groups excluding carboxylic acids is 1. The Labute approximate surface area is 98.4 Å².